The predicted octanol–water partition coefficient (Wildman–Crippen LogP) is 6.85. The van der Waals surface area contributed by atoms with E-state index in [-0.39, 0.29) is 11.8 Å². The fourth-order valence-corrected chi connectivity index (χ4v) is 7.48. The highest BCUT2D eigenvalue weighted by molar-refractivity contribution is 8.01. The summed E-state index contributed by atoms with van der Waals surface area (Å²) < 4.78 is 3.97. The van der Waals surface area contributed by atoms with Crippen molar-refractivity contribution in [3.05, 3.63) is 76.1 Å². The molecule has 0 saturated heterocycles. The van der Waals surface area contributed by atoms with Gasteiger partial charge in [0, 0.05) is 22.6 Å². The molecule has 0 unspecified atom stereocenters. The van der Waals surface area contributed by atoms with Crippen LogP contribution in [0.5, 0.6) is 0 Å². The number of nitrogens with zero attached hydrogens (tertiary/aromatic N) is 2. The van der Waals surface area contributed by atoms with E-state index in [0.717, 1.165) is 51.5 Å². The van der Waals surface area contributed by atoms with Crippen LogP contribution in [0.2, 0.25) is 0 Å². The van der Waals surface area contributed by atoms with E-state index >= 15 is 0 Å². The average Bonchev–Trinajstić information content (AvgIpc) is 3.46. The fourth-order valence-electron chi connectivity index (χ4n) is 5.53. The molecule has 7 heteroatoms. The molecule has 184 valence electrons. The van der Waals surface area contributed by atoms with Crippen molar-refractivity contribution in [1.29, 1.82) is 0 Å². The number of anilines is 1. The first-order chi connectivity index (χ1) is 17.6. The number of hydrogen-bond acceptors (Lipinski definition) is 5. The van der Waals surface area contributed by atoms with E-state index in [2.05, 4.69) is 9.88 Å². The molecule has 2 aromatic carbocycles. The van der Waals surface area contributed by atoms with Crippen molar-refractivity contribution in [3.8, 4) is 0 Å². The van der Waals surface area contributed by atoms with Crippen LogP contribution in [-0.2, 0) is 25.7 Å². The second-order valence-electron chi connectivity index (χ2n) is 9.76. The van der Waals surface area contributed by atoms with Crippen LogP contribution in [0.3, 0.4) is 0 Å². The minimum Gasteiger partial charge on any atom is -0.322 e. The first-order valence-corrected chi connectivity index (χ1v) is 14.6. The SMILES string of the molecule is Cc1ccc(C(=O)Nc2ccc3nc(SCC(=O)n4c5c(c6c4CCCC6)CCCC5)sc3c2)cc1. The molecule has 0 atom stereocenters. The molecule has 36 heavy (non-hydrogen) atoms. The Kier molecular flexibility index (Phi) is 6.44. The Hall–Kier alpha value is -2.90. The van der Waals surface area contributed by atoms with Crippen LogP contribution in [0.4, 0.5) is 5.69 Å². The highest BCUT2D eigenvalue weighted by atomic mass is 32.2. The van der Waals surface area contributed by atoms with Gasteiger partial charge >= 0.3 is 0 Å². The number of thiazole rings is 1. The first-order valence-electron chi connectivity index (χ1n) is 12.8. The van der Waals surface area contributed by atoms with Crippen molar-refractivity contribution in [2.45, 2.75) is 62.6 Å². The molecular weight excluding hydrogens is 486 g/mol. The van der Waals surface area contributed by atoms with Crippen molar-refractivity contribution >= 4 is 50.8 Å². The van der Waals surface area contributed by atoms with E-state index in [1.165, 1.54) is 60.0 Å². The lowest BCUT2D eigenvalue weighted by Crippen LogP contribution is -2.21. The molecule has 2 heterocycles. The Balaban J connectivity index is 1.17. The van der Waals surface area contributed by atoms with Gasteiger partial charge in [-0.15, -0.1) is 11.3 Å². The molecule has 1 N–H and O–H groups in total. The Morgan fingerprint density at radius 1 is 0.944 bits per heavy atom. The highest BCUT2D eigenvalue weighted by Gasteiger charge is 2.28. The molecular formula is C29H29N3O2S2. The largest absolute Gasteiger partial charge is 0.322 e. The molecule has 0 bridgehead atoms. The number of rotatable bonds is 5. The van der Waals surface area contributed by atoms with Crippen molar-refractivity contribution in [3.63, 3.8) is 0 Å². The van der Waals surface area contributed by atoms with Gasteiger partial charge < -0.3 is 5.32 Å². The molecule has 4 aromatic rings. The third-order valence-electron chi connectivity index (χ3n) is 7.29. The fraction of sp³-hybridized carbons (Fsp3) is 0.345. The van der Waals surface area contributed by atoms with E-state index in [1.54, 1.807) is 11.3 Å². The standard InChI is InChI=1S/C29H29N3O2S2/c1-18-10-12-19(13-11-18)28(34)30-20-14-15-23-26(16-20)36-29(31-23)35-17-27(33)32-24-8-4-2-6-21(24)22-7-3-5-9-25(22)32/h10-16H,2-9,17H2,1H3,(H,30,34). The van der Waals surface area contributed by atoms with Gasteiger partial charge in [0.1, 0.15) is 0 Å². The van der Waals surface area contributed by atoms with Crippen molar-refractivity contribution in [1.82, 2.24) is 9.55 Å². The number of carbonyl (C=O) groups excluding carboxylic acids is 2. The molecule has 0 spiro atoms. The van der Waals surface area contributed by atoms with Gasteiger partial charge in [-0.05, 0) is 99.7 Å². The average molecular weight is 516 g/mol. The van der Waals surface area contributed by atoms with Crippen LogP contribution < -0.4 is 5.32 Å². The van der Waals surface area contributed by atoms with Gasteiger partial charge in [0.05, 0.1) is 16.0 Å². The number of fused-ring (bicyclic) bond motifs is 4. The molecule has 2 aromatic heterocycles. The highest BCUT2D eigenvalue weighted by Crippen LogP contribution is 2.36. The molecule has 6 rings (SSSR count). The maximum atomic E-state index is 13.4. The summed E-state index contributed by atoms with van der Waals surface area (Å²) in [6.07, 6.45) is 9.15. The smallest absolute Gasteiger partial charge is 0.255 e. The van der Waals surface area contributed by atoms with Gasteiger partial charge in [-0.25, -0.2) is 4.98 Å². The van der Waals surface area contributed by atoms with E-state index < -0.39 is 0 Å². The van der Waals surface area contributed by atoms with Gasteiger partial charge in [0.25, 0.3) is 5.91 Å². The Morgan fingerprint density at radius 2 is 1.61 bits per heavy atom. The third kappa shape index (κ3) is 4.50. The lowest BCUT2D eigenvalue weighted by molar-refractivity contribution is 0.0934. The molecule has 1 amide bonds. The second-order valence-corrected chi connectivity index (χ2v) is 12.0. The Labute approximate surface area is 219 Å². The maximum Gasteiger partial charge on any atom is 0.255 e. The molecule has 0 radical (unpaired) electrons. The van der Waals surface area contributed by atoms with Crippen LogP contribution in [0.1, 0.15) is 68.9 Å². The summed E-state index contributed by atoms with van der Waals surface area (Å²) in [7, 11) is 0. The minimum absolute atomic E-state index is 0.127. The summed E-state index contributed by atoms with van der Waals surface area (Å²) in [5.41, 5.74) is 8.93. The monoisotopic (exact) mass is 515 g/mol. The summed E-state index contributed by atoms with van der Waals surface area (Å²) in [4.78, 5) is 30.8. The van der Waals surface area contributed by atoms with Gasteiger partial charge in [0.2, 0.25) is 5.91 Å². The van der Waals surface area contributed by atoms with E-state index in [1.807, 2.05) is 49.4 Å². The lowest BCUT2D eigenvalue weighted by Gasteiger charge is -2.16. The summed E-state index contributed by atoms with van der Waals surface area (Å²) in [5, 5.41) is 2.98. The van der Waals surface area contributed by atoms with Crippen molar-refractivity contribution < 1.29 is 9.59 Å². The number of nitrogens with one attached hydrogen (secondary N) is 1. The van der Waals surface area contributed by atoms with Crippen LogP contribution in [0, 0.1) is 6.92 Å². The summed E-state index contributed by atoms with van der Waals surface area (Å²) >= 11 is 3.09. The van der Waals surface area contributed by atoms with E-state index in [4.69, 9.17) is 4.98 Å². The first kappa shape index (κ1) is 23.5. The van der Waals surface area contributed by atoms with Crippen LogP contribution in [0.15, 0.2) is 46.8 Å². The summed E-state index contributed by atoms with van der Waals surface area (Å²) in [6.45, 7) is 2.00. The van der Waals surface area contributed by atoms with Crippen molar-refractivity contribution in [2.24, 2.45) is 0 Å². The molecule has 5 nitrogen and oxygen atoms in total. The number of aromatic nitrogens is 2. The minimum atomic E-state index is -0.127. The second kappa shape index (κ2) is 9.87. The number of amides is 1. The topological polar surface area (TPSA) is 64.0 Å². The van der Waals surface area contributed by atoms with Crippen LogP contribution in [-0.4, -0.2) is 27.1 Å². The van der Waals surface area contributed by atoms with Crippen LogP contribution in [0.25, 0.3) is 10.2 Å². The zero-order valence-electron chi connectivity index (χ0n) is 20.4. The van der Waals surface area contributed by atoms with Gasteiger partial charge in [-0.1, -0.05) is 29.5 Å². The zero-order chi connectivity index (χ0) is 24.6. The Bertz CT molecular complexity index is 1430. The molecule has 0 saturated carbocycles. The number of thioether (sulfide) groups is 1. The predicted molar refractivity (Wildman–Crippen MR) is 148 cm³/mol. The molecule has 0 fully saturated rings. The normalized spacial score (nSPS) is 14.9. The number of hydrogen-bond donors (Lipinski definition) is 1. The summed E-state index contributed by atoms with van der Waals surface area (Å²) in [5.74, 6) is 0.453. The molecule has 2 aliphatic carbocycles. The number of carbonyl (C=O) groups is 2. The molecule has 2 aliphatic rings. The Morgan fingerprint density at radius 3 is 2.31 bits per heavy atom. The third-order valence-corrected chi connectivity index (χ3v) is 9.44. The van der Waals surface area contributed by atoms with E-state index in [0.29, 0.717) is 11.3 Å². The quantitative estimate of drug-likeness (QED) is 0.295. The van der Waals surface area contributed by atoms with E-state index in [9.17, 15) is 9.59 Å². The maximum absolute atomic E-state index is 13.4. The molecule has 0 aliphatic heterocycles. The van der Waals surface area contributed by atoms with Crippen molar-refractivity contribution in [2.75, 3.05) is 11.1 Å². The summed E-state index contributed by atoms with van der Waals surface area (Å²) in [6, 6.07) is 13.3. The number of aryl methyl sites for hydroxylation is 1. The van der Waals surface area contributed by atoms with Gasteiger partial charge in [-0.3, -0.25) is 14.2 Å². The lowest BCUT2D eigenvalue weighted by atomic mass is 9.89. The number of benzene rings is 2. The zero-order valence-corrected chi connectivity index (χ0v) is 22.1. The van der Waals surface area contributed by atoms with Gasteiger partial charge in [-0.2, -0.15) is 0 Å². The van der Waals surface area contributed by atoms with Crippen LogP contribution >= 0.6 is 23.1 Å². The van der Waals surface area contributed by atoms with Gasteiger partial charge in [0.15, 0.2) is 4.34 Å².